The topological polar surface area (TPSA) is 111 Å². The number of carboxylic acids is 1. The predicted octanol–water partition coefficient (Wildman–Crippen LogP) is 13.3. The Morgan fingerprint density at radius 3 is 1.31 bits per heavy atom. The Hall–Kier alpha value is -3.27. The van der Waals surface area contributed by atoms with E-state index in [-0.39, 0.29) is 32.2 Å². The normalized spacial score (nSPS) is 13.4. The van der Waals surface area contributed by atoms with Gasteiger partial charge < -0.3 is 33.3 Å². The fraction of sp³-hybridized carbons (Fsp3) is 0.732. The molecular formula is C56H97NO8. The zero-order valence-corrected chi connectivity index (χ0v) is 42.3. The largest absolute Gasteiger partial charge is 0.545 e. The summed E-state index contributed by atoms with van der Waals surface area (Å²) in [4.78, 5) is 37.1. The van der Waals surface area contributed by atoms with Gasteiger partial charge in [-0.1, -0.05) is 202 Å². The Morgan fingerprint density at radius 2 is 0.877 bits per heavy atom. The van der Waals surface area contributed by atoms with E-state index in [4.69, 9.17) is 18.9 Å². The molecule has 0 saturated carbocycles. The fourth-order valence-corrected chi connectivity index (χ4v) is 6.95. The third kappa shape index (κ3) is 48.5. The Kier molecular flexibility index (Phi) is 44.9. The number of allylic oxidation sites excluding steroid dienone is 12. The zero-order valence-electron chi connectivity index (χ0n) is 42.3. The van der Waals surface area contributed by atoms with Crippen LogP contribution in [0.25, 0.3) is 0 Å². The first kappa shape index (κ1) is 61.7. The van der Waals surface area contributed by atoms with Crippen LogP contribution in [-0.2, 0) is 33.3 Å². The van der Waals surface area contributed by atoms with E-state index >= 15 is 0 Å². The molecule has 2 atom stereocenters. The summed E-state index contributed by atoms with van der Waals surface area (Å²) in [5.41, 5.74) is 0. The molecule has 0 aliphatic carbocycles. The highest BCUT2D eigenvalue weighted by Crippen LogP contribution is 2.15. The number of hydrogen-bond acceptors (Lipinski definition) is 8. The van der Waals surface area contributed by atoms with Crippen molar-refractivity contribution in [2.75, 3.05) is 47.5 Å². The molecule has 0 aromatic rings. The highest BCUT2D eigenvalue weighted by molar-refractivity contribution is 5.70. The van der Waals surface area contributed by atoms with Crippen molar-refractivity contribution in [3.05, 3.63) is 72.9 Å². The molecule has 0 bridgehead atoms. The van der Waals surface area contributed by atoms with Crippen molar-refractivity contribution >= 4 is 17.9 Å². The highest BCUT2D eigenvalue weighted by Gasteiger charge is 2.22. The van der Waals surface area contributed by atoms with E-state index in [1.165, 1.54) is 89.9 Å². The number of nitrogens with zero attached hydrogens (tertiary/aromatic N) is 1. The van der Waals surface area contributed by atoms with Crippen molar-refractivity contribution < 1.29 is 42.9 Å². The van der Waals surface area contributed by atoms with Gasteiger partial charge in [-0.2, -0.15) is 0 Å². The van der Waals surface area contributed by atoms with E-state index < -0.39 is 24.3 Å². The summed E-state index contributed by atoms with van der Waals surface area (Å²) in [5.74, 6) is -2.30. The summed E-state index contributed by atoms with van der Waals surface area (Å²) < 4.78 is 22.6. The van der Waals surface area contributed by atoms with Crippen LogP contribution in [-0.4, -0.2) is 82.3 Å². The number of ether oxygens (including phenoxy) is 4. The molecular weight excluding hydrogens is 815 g/mol. The van der Waals surface area contributed by atoms with Gasteiger partial charge in [0.25, 0.3) is 0 Å². The molecule has 0 aliphatic heterocycles. The van der Waals surface area contributed by atoms with Gasteiger partial charge in [0.05, 0.1) is 40.3 Å². The summed E-state index contributed by atoms with van der Waals surface area (Å²) in [6, 6.07) is 0. The SMILES string of the molecule is CC/C=C\C/C=C\C/C=C\C/C=C\C/C=C\C/C=C\CCCCCCCCCCC(=O)OC(COC(=O)CCCCCCCCCCCCCCC)COC(OCC[N+](C)(C)C)C(=O)[O-]. The van der Waals surface area contributed by atoms with Crippen molar-refractivity contribution in [3.63, 3.8) is 0 Å². The Balaban J connectivity index is 4.30. The minimum absolute atomic E-state index is 0.144. The summed E-state index contributed by atoms with van der Waals surface area (Å²) >= 11 is 0. The minimum Gasteiger partial charge on any atom is -0.545 e. The minimum atomic E-state index is -1.62. The zero-order chi connectivity index (χ0) is 47.7. The highest BCUT2D eigenvalue weighted by atomic mass is 16.7. The molecule has 0 aliphatic rings. The van der Waals surface area contributed by atoms with Crippen molar-refractivity contribution in [2.24, 2.45) is 0 Å². The van der Waals surface area contributed by atoms with Crippen molar-refractivity contribution in [1.29, 1.82) is 0 Å². The Labute approximate surface area is 398 Å². The van der Waals surface area contributed by atoms with Gasteiger partial charge in [0, 0.05) is 12.8 Å². The number of likely N-dealkylation sites (N-methyl/N-ethyl adjacent to an activating group) is 1. The van der Waals surface area contributed by atoms with Crippen molar-refractivity contribution in [1.82, 2.24) is 0 Å². The van der Waals surface area contributed by atoms with Crippen LogP contribution in [0.3, 0.4) is 0 Å². The molecule has 0 heterocycles. The van der Waals surface area contributed by atoms with Crippen molar-refractivity contribution in [3.8, 4) is 0 Å². The maximum absolute atomic E-state index is 12.8. The average Bonchev–Trinajstić information content (AvgIpc) is 3.27. The van der Waals surface area contributed by atoms with Gasteiger partial charge in [-0.3, -0.25) is 9.59 Å². The van der Waals surface area contributed by atoms with Crippen LogP contribution >= 0.6 is 0 Å². The summed E-state index contributed by atoms with van der Waals surface area (Å²) in [7, 11) is 5.91. The molecule has 2 unspecified atom stereocenters. The number of hydrogen-bond donors (Lipinski definition) is 0. The second-order valence-electron chi connectivity index (χ2n) is 18.4. The van der Waals surface area contributed by atoms with Gasteiger partial charge in [0.2, 0.25) is 0 Å². The number of carbonyl (C=O) groups is 3. The van der Waals surface area contributed by atoms with Gasteiger partial charge in [0.1, 0.15) is 13.2 Å². The van der Waals surface area contributed by atoms with Crippen molar-refractivity contribution in [2.45, 2.75) is 219 Å². The molecule has 0 fully saturated rings. The molecule has 0 saturated heterocycles. The van der Waals surface area contributed by atoms with Gasteiger partial charge in [-0.15, -0.1) is 0 Å². The monoisotopic (exact) mass is 912 g/mol. The molecule has 0 N–H and O–H groups in total. The predicted molar refractivity (Wildman–Crippen MR) is 269 cm³/mol. The summed E-state index contributed by atoms with van der Waals surface area (Å²) in [6.45, 7) is 4.62. The maximum Gasteiger partial charge on any atom is 0.306 e. The van der Waals surface area contributed by atoms with Gasteiger partial charge in [0.15, 0.2) is 12.4 Å². The van der Waals surface area contributed by atoms with Crippen LogP contribution in [0.2, 0.25) is 0 Å². The quantitative estimate of drug-likeness (QED) is 0.0195. The molecule has 0 rings (SSSR count). The third-order valence-electron chi connectivity index (χ3n) is 11.0. The number of esters is 2. The molecule has 0 aromatic carbocycles. The lowest BCUT2D eigenvalue weighted by atomic mass is 10.0. The van der Waals surface area contributed by atoms with E-state index in [2.05, 4.69) is 86.8 Å². The lowest BCUT2D eigenvalue weighted by Gasteiger charge is -2.26. The van der Waals surface area contributed by atoms with Crippen LogP contribution < -0.4 is 5.11 Å². The lowest BCUT2D eigenvalue weighted by molar-refractivity contribution is -0.870. The second kappa shape index (κ2) is 47.2. The first-order valence-corrected chi connectivity index (χ1v) is 26.1. The molecule has 0 radical (unpaired) electrons. The van der Waals surface area contributed by atoms with Gasteiger partial charge in [-0.05, 0) is 64.2 Å². The molecule has 9 nitrogen and oxygen atoms in total. The molecule has 0 aromatic heterocycles. The summed E-state index contributed by atoms with van der Waals surface area (Å²) in [5, 5.41) is 11.7. The third-order valence-corrected chi connectivity index (χ3v) is 11.0. The fourth-order valence-electron chi connectivity index (χ4n) is 6.95. The molecule has 65 heavy (non-hydrogen) atoms. The van der Waals surface area contributed by atoms with E-state index in [1.54, 1.807) is 0 Å². The number of unbranched alkanes of at least 4 members (excludes halogenated alkanes) is 20. The lowest BCUT2D eigenvalue weighted by Crippen LogP contribution is -2.44. The maximum atomic E-state index is 12.8. The van der Waals surface area contributed by atoms with Gasteiger partial charge in [-0.25, -0.2) is 0 Å². The van der Waals surface area contributed by atoms with E-state index in [1.807, 2.05) is 21.1 Å². The number of rotatable bonds is 47. The number of carbonyl (C=O) groups excluding carboxylic acids is 3. The Bertz CT molecular complexity index is 1290. The number of quaternary nitrogens is 1. The van der Waals surface area contributed by atoms with E-state index in [9.17, 15) is 19.5 Å². The standard InChI is InChI=1S/C56H97NO8/c1-6-8-10-12-14-16-18-20-21-22-23-24-25-26-27-28-29-30-31-32-33-35-37-39-41-43-45-47-54(59)65-52(51-64-56(55(60)61)62-49-48-57(3,4)5)50-63-53(58)46-44-42-40-38-36-34-19-17-15-13-11-9-7-2/h8,10,14,16,20-21,23-24,26-27,29-30,52,56H,6-7,9,11-13,15,17-19,22,25,28,31-51H2,1-5H3/b10-8-,16-14-,21-20-,24-23-,27-26-,30-29-. The van der Waals surface area contributed by atoms with Crippen LogP contribution in [0.1, 0.15) is 206 Å². The smallest absolute Gasteiger partial charge is 0.306 e. The average molecular weight is 912 g/mol. The number of carboxylic acid groups (broad SMARTS) is 1. The van der Waals surface area contributed by atoms with Crippen LogP contribution in [0.4, 0.5) is 0 Å². The number of aliphatic carboxylic acids is 1. The molecule has 9 heteroatoms. The second-order valence-corrected chi connectivity index (χ2v) is 18.4. The molecule has 0 spiro atoms. The first-order chi connectivity index (χ1) is 31.6. The van der Waals surface area contributed by atoms with Crippen LogP contribution in [0, 0.1) is 0 Å². The van der Waals surface area contributed by atoms with E-state index in [0.29, 0.717) is 23.9 Å². The van der Waals surface area contributed by atoms with Gasteiger partial charge >= 0.3 is 11.9 Å². The summed E-state index contributed by atoms with van der Waals surface area (Å²) in [6.07, 6.45) is 56.5. The van der Waals surface area contributed by atoms with E-state index in [0.717, 1.165) is 83.5 Å². The molecule has 0 amide bonds. The molecule has 374 valence electrons. The van der Waals surface area contributed by atoms with Crippen LogP contribution in [0.5, 0.6) is 0 Å². The Morgan fingerprint density at radius 1 is 0.477 bits per heavy atom. The van der Waals surface area contributed by atoms with Crippen LogP contribution in [0.15, 0.2) is 72.9 Å². The first-order valence-electron chi connectivity index (χ1n) is 26.1.